The molecule has 0 bridgehead atoms. The first-order valence-corrected chi connectivity index (χ1v) is 3.17. The maximum absolute atomic E-state index is 10.5. The van der Waals surface area contributed by atoms with Crippen molar-refractivity contribution in [3.8, 4) is 0 Å². The highest BCUT2D eigenvalue weighted by Gasteiger charge is 1.97. The van der Waals surface area contributed by atoms with Crippen LogP contribution >= 0.6 is 0 Å². The summed E-state index contributed by atoms with van der Waals surface area (Å²) >= 11 is 0. The highest BCUT2D eigenvalue weighted by atomic mass is 16.1. The van der Waals surface area contributed by atoms with Crippen LogP contribution in [0.5, 0.6) is 0 Å². The minimum atomic E-state index is -0.0472. The summed E-state index contributed by atoms with van der Waals surface area (Å²) in [5.74, 6) is 0.726. The molecule has 1 aliphatic heterocycles. The maximum Gasteiger partial charge on any atom is 0.222 e. The van der Waals surface area contributed by atoms with Gasteiger partial charge in [-0.1, -0.05) is 12.2 Å². The summed E-state index contributed by atoms with van der Waals surface area (Å²) in [6.07, 6.45) is 5.71. The van der Waals surface area contributed by atoms with E-state index in [9.17, 15) is 4.79 Å². The van der Waals surface area contributed by atoms with Gasteiger partial charge in [0.05, 0.1) is 0 Å². The van der Waals surface area contributed by atoms with E-state index in [1.807, 2.05) is 18.2 Å². The van der Waals surface area contributed by atoms with E-state index in [-0.39, 0.29) is 5.91 Å². The molecule has 1 heterocycles. The Labute approximate surface area is 59.8 Å². The zero-order valence-corrected chi connectivity index (χ0v) is 5.85. The molecule has 3 nitrogen and oxygen atoms in total. The van der Waals surface area contributed by atoms with Gasteiger partial charge >= 0.3 is 0 Å². The Balaban J connectivity index is 2.47. The monoisotopic (exact) mass is 138 g/mol. The predicted molar refractivity (Wildman–Crippen MR) is 39.0 cm³/mol. The van der Waals surface area contributed by atoms with Crippen molar-refractivity contribution in [3.05, 3.63) is 24.0 Å². The molecule has 0 spiro atoms. The predicted octanol–water partition coefficient (Wildman–Crippen LogP) is 0.123. The summed E-state index contributed by atoms with van der Waals surface area (Å²) in [7, 11) is 0. The van der Waals surface area contributed by atoms with Crippen LogP contribution in [-0.4, -0.2) is 12.5 Å². The van der Waals surface area contributed by atoms with Gasteiger partial charge in [-0.15, -0.1) is 0 Å². The van der Waals surface area contributed by atoms with Gasteiger partial charge in [0.2, 0.25) is 5.91 Å². The fourth-order valence-corrected chi connectivity index (χ4v) is 0.736. The van der Waals surface area contributed by atoms with Crippen molar-refractivity contribution >= 4 is 5.91 Å². The molecule has 0 aromatic rings. The van der Waals surface area contributed by atoms with Crippen LogP contribution in [0.25, 0.3) is 0 Å². The van der Waals surface area contributed by atoms with Crippen molar-refractivity contribution in [1.82, 2.24) is 10.6 Å². The molecule has 2 N–H and O–H groups in total. The van der Waals surface area contributed by atoms with E-state index in [0.29, 0.717) is 0 Å². The molecule has 54 valence electrons. The van der Waals surface area contributed by atoms with E-state index in [0.717, 1.165) is 12.4 Å². The van der Waals surface area contributed by atoms with Crippen LogP contribution in [-0.2, 0) is 4.79 Å². The number of dihydropyridines is 1. The standard InChI is InChI=1S/C7H10N2O/c1-6(10)9-7-4-2-3-5-8-7/h2-4,8H,5H2,1H3,(H,9,10). The number of carbonyl (C=O) groups is 1. The Morgan fingerprint density at radius 3 is 3.10 bits per heavy atom. The van der Waals surface area contributed by atoms with Crippen LogP contribution in [0.2, 0.25) is 0 Å². The summed E-state index contributed by atoms with van der Waals surface area (Å²) < 4.78 is 0. The molecule has 0 saturated heterocycles. The number of nitrogens with one attached hydrogen (secondary N) is 2. The molecule has 0 atom stereocenters. The third-order valence-electron chi connectivity index (χ3n) is 1.12. The second kappa shape index (κ2) is 3.06. The Hall–Kier alpha value is -1.25. The second-order valence-electron chi connectivity index (χ2n) is 2.07. The van der Waals surface area contributed by atoms with Crippen LogP contribution in [0.3, 0.4) is 0 Å². The van der Waals surface area contributed by atoms with Gasteiger partial charge in [-0.2, -0.15) is 0 Å². The molecule has 1 aliphatic rings. The first-order chi connectivity index (χ1) is 4.79. The third-order valence-corrected chi connectivity index (χ3v) is 1.12. The number of rotatable bonds is 1. The number of allylic oxidation sites excluding steroid dienone is 2. The number of hydrogen-bond acceptors (Lipinski definition) is 2. The van der Waals surface area contributed by atoms with Crippen LogP contribution in [0.4, 0.5) is 0 Å². The fourth-order valence-electron chi connectivity index (χ4n) is 0.736. The van der Waals surface area contributed by atoms with Gasteiger partial charge < -0.3 is 10.6 Å². The summed E-state index contributed by atoms with van der Waals surface area (Å²) in [5, 5.41) is 5.63. The van der Waals surface area contributed by atoms with E-state index in [4.69, 9.17) is 0 Å². The molecule has 0 unspecified atom stereocenters. The maximum atomic E-state index is 10.5. The van der Waals surface area contributed by atoms with E-state index in [1.165, 1.54) is 6.92 Å². The average Bonchev–Trinajstić information content (AvgIpc) is 1.88. The average molecular weight is 138 g/mol. The van der Waals surface area contributed by atoms with Gasteiger partial charge in [0.25, 0.3) is 0 Å². The zero-order chi connectivity index (χ0) is 7.40. The van der Waals surface area contributed by atoms with Crippen LogP contribution in [0.1, 0.15) is 6.92 Å². The van der Waals surface area contributed by atoms with Gasteiger partial charge in [0.1, 0.15) is 5.82 Å². The van der Waals surface area contributed by atoms with Gasteiger partial charge in [-0.3, -0.25) is 4.79 Å². The van der Waals surface area contributed by atoms with Crippen molar-refractivity contribution < 1.29 is 4.79 Å². The van der Waals surface area contributed by atoms with E-state index in [1.54, 1.807) is 0 Å². The lowest BCUT2D eigenvalue weighted by atomic mass is 10.3. The summed E-state index contributed by atoms with van der Waals surface area (Å²) in [6.45, 7) is 2.27. The summed E-state index contributed by atoms with van der Waals surface area (Å²) in [6, 6.07) is 0. The Morgan fingerprint density at radius 2 is 2.60 bits per heavy atom. The fraction of sp³-hybridized carbons (Fsp3) is 0.286. The minimum absolute atomic E-state index is 0.0472. The van der Waals surface area contributed by atoms with Crippen molar-refractivity contribution in [2.75, 3.05) is 6.54 Å². The molecule has 0 aliphatic carbocycles. The summed E-state index contributed by atoms with van der Waals surface area (Å²) in [4.78, 5) is 10.5. The van der Waals surface area contributed by atoms with E-state index >= 15 is 0 Å². The van der Waals surface area contributed by atoms with E-state index < -0.39 is 0 Å². The van der Waals surface area contributed by atoms with Gasteiger partial charge in [-0.25, -0.2) is 0 Å². The molecular weight excluding hydrogens is 128 g/mol. The largest absolute Gasteiger partial charge is 0.368 e. The van der Waals surface area contributed by atoms with Crippen LogP contribution in [0, 0.1) is 0 Å². The normalized spacial score (nSPS) is 15.5. The smallest absolute Gasteiger partial charge is 0.222 e. The first kappa shape index (κ1) is 6.86. The Kier molecular flexibility index (Phi) is 2.10. The number of hydrogen-bond donors (Lipinski definition) is 2. The van der Waals surface area contributed by atoms with Crippen molar-refractivity contribution in [3.63, 3.8) is 0 Å². The molecule has 1 rings (SSSR count). The molecular formula is C7H10N2O. The SMILES string of the molecule is CC(=O)NC1=CC=CCN1. The van der Waals surface area contributed by atoms with Crippen molar-refractivity contribution in [2.24, 2.45) is 0 Å². The second-order valence-corrected chi connectivity index (χ2v) is 2.07. The van der Waals surface area contributed by atoms with Crippen LogP contribution < -0.4 is 10.6 Å². The molecule has 0 aromatic carbocycles. The van der Waals surface area contributed by atoms with Crippen molar-refractivity contribution in [2.45, 2.75) is 6.92 Å². The third kappa shape index (κ3) is 1.93. The summed E-state index contributed by atoms with van der Waals surface area (Å²) in [5.41, 5.74) is 0. The molecule has 0 radical (unpaired) electrons. The lowest BCUT2D eigenvalue weighted by Gasteiger charge is -2.10. The number of amides is 1. The molecule has 3 heteroatoms. The van der Waals surface area contributed by atoms with Gasteiger partial charge in [-0.05, 0) is 6.08 Å². The first-order valence-electron chi connectivity index (χ1n) is 3.17. The number of carbonyl (C=O) groups excluding carboxylic acids is 1. The van der Waals surface area contributed by atoms with Crippen molar-refractivity contribution in [1.29, 1.82) is 0 Å². The Morgan fingerprint density at radius 1 is 1.80 bits per heavy atom. The lowest BCUT2D eigenvalue weighted by molar-refractivity contribution is -0.118. The quantitative estimate of drug-likeness (QED) is 0.540. The van der Waals surface area contributed by atoms with E-state index in [2.05, 4.69) is 10.6 Å². The molecule has 0 saturated carbocycles. The highest BCUT2D eigenvalue weighted by Crippen LogP contribution is 1.90. The Bertz CT molecular complexity index is 194. The molecule has 0 fully saturated rings. The van der Waals surface area contributed by atoms with Gasteiger partial charge in [0, 0.05) is 13.5 Å². The highest BCUT2D eigenvalue weighted by molar-refractivity contribution is 5.74. The topological polar surface area (TPSA) is 41.1 Å². The van der Waals surface area contributed by atoms with Gasteiger partial charge in [0.15, 0.2) is 0 Å². The van der Waals surface area contributed by atoms with Crippen LogP contribution in [0.15, 0.2) is 24.0 Å². The molecule has 0 aromatic heterocycles. The minimum Gasteiger partial charge on any atom is -0.368 e. The zero-order valence-electron chi connectivity index (χ0n) is 5.85. The lowest BCUT2D eigenvalue weighted by Crippen LogP contribution is -2.30. The molecule has 1 amide bonds. The molecule has 10 heavy (non-hydrogen) atoms.